The van der Waals surface area contributed by atoms with Crippen molar-refractivity contribution in [3.63, 3.8) is 0 Å². The quantitative estimate of drug-likeness (QED) is 0.684. The standard InChI is InChI=1S/C11H14OS/c1-2-13-11-5-3-9(4-6-11)10-7-12-8-10/h3-6,10H,2,7-8H2,1H3. The van der Waals surface area contributed by atoms with Crippen LogP contribution in [0.1, 0.15) is 18.4 Å². The van der Waals surface area contributed by atoms with Crippen LogP contribution in [0.3, 0.4) is 0 Å². The number of benzene rings is 1. The highest BCUT2D eigenvalue weighted by Gasteiger charge is 2.19. The average molecular weight is 194 g/mol. The summed E-state index contributed by atoms with van der Waals surface area (Å²) in [7, 11) is 0. The molecule has 0 amide bonds. The van der Waals surface area contributed by atoms with E-state index in [1.807, 2.05) is 11.8 Å². The molecule has 0 spiro atoms. The van der Waals surface area contributed by atoms with E-state index in [1.54, 1.807) is 0 Å². The Hall–Kier alpha value is -0.470. The predicted molar refractivity (Wildman–Crippen MR) is 56.4 cm³/mol. The first-order chi connectivity index (χ1) is 6.40. The van der Waals surface area contributed by atoms with Crippen molar-refractivity contribution in [2.75, 3.05) is 19.0 Å². The minimum absolute atomic E-state index is 0.653. The van der Waals surface area contributed by atoms with Crippen molar-refractivity contribution in [3.8, 4) is 0 Å². The van der Waals surface area contributed by atoms with E-state index in [0.717, 1.165) is 19.0 Å². The molecule has 1 aliphatic heterocycles. The van der Waals surface area contributed by atoms with Gasteiger partial charge in [-0.2, -0.15) is 0 Å². The van der Waals surface area contributed by atoms with E-state index < -0.39 is 0 Å². The maximum absolute atomic E-state index is 5.16. The van der Waals surface area contributed by atoms with Crippen LogP contribution in [-0.4, -0.2) is 19.0 Å². The minimum Gasteiger partial charge on any atom is -0.380 e. The Bertz CT molecular complexity index is 264. The smallest absolute Gasteiger partial charge is 0.0557 e. The Morgan fingerprint density at radius 3 is 2.46 bits per heavy atom. The van der Waals surface area contributed by atoms with Gasteiger partial charge >= 0.3 is 0 Å². The van der Waals surface area contributed by atoms with E-state index in [0.29, 0.717) is 5.92 Å². The summed E-state index contributed by atoms with van der Waals surface area (Å²) in [6.07, 6.45) is 0. The second-order valence-corrected chi connectivity index (χ2v) is 4.57. The zero-order chi connectivity index (χ0) is 9.10. The zero-order valence-electron chi connectivity index (χ0n) is 7.82. The van der Waals surface area contributed by atoms with E-state index in [2.05, 4.69) is 31.2 Å². The molecule has 0 radical (unpaired) electrons. The summed E-state index contributed by atoms with van der Waals surface area (Å²) in [6.45, 7) is 3.99. The third kappa shape index (κ3) is 2.06. The summed E-state index contributed by atoms with van der Waals surface area (Å²) < 4.78 is 5.16. The summed E-state index contributed by atoms with van der Waals surface area (Å²) >= 11 is 1.89. The highest BCUT2D eigenvalue weighted by Crippen LogP contribution is 2.26. The van der Waals surface area contributed by atoms with Crippen LogP contribution in [0.4, 0.5) is 0 Å². The molecule has 0 saturated carbocycles. The summed E-state index contributed by atoms with van der Waals surface area (Å²) in [4.78, 5) is 1.37. The first kappa shape index (κ1) is 9.10. The van der Waals surface area contributed by atoms with Crippen LogP contribution in [-0.2, 0) is 4.74 Å². The molecule has 1 aliphatic rings. The van der Waals surface area contributed by atoms with Gasteiger partial charge in [0, 0.05) is 10.8 Å². The van der Waals surface area contributed by atoms with Gasteiger partial charge in [-0.1, -0.05) is 19.1 Å². The molecule has 13 heavy (non-hydrogen) atoms. The van der Waals surface area contributed by atoms with Gasteiger partial charge in [-0.3, -0.25) is 0 Å². The molecule has 0 N–H and O–H groups in total. The normalized spacial score (nSPS) is 17.0. The maximum Gasteiger partial charge on any atom is 0.0557 e. The monoisotopic (exact) mass is 194 g/mol. The lowest BCUT2D eigenvalue weighted by Gasteiger charge is -2.26. The molecule has 1 heterocycles. The van der Waals surface area contributed by atoms with Crippen molar-refractivity contribution in [3.05, 3.63) is 29.8 Å². The van der Waals surface area contributed by atoms with Crippen LogP contribution < -0.4 is 0 Å². The van der Waals surface area contributed by atoms with Crippen LogP contribution >= 0.6 is 11.8 Å². The first-order valence-electron chi connectivity index (χ1n) is 4.70. The van der Waals surface area contributed by atoms with E-state index in [4.69, 9.17) is 4.74 Å². The molecule has 0 atom stereocenters. The van der Waals surface area contributed by atoms with Crippen LogP contribution in [0, 0.1) is 0 Å². The fraction of sp³-hybridized carbons (Fsp3) is 0.455. The Labute approximate surface area is 83.5 Å². The molecule has 2 rings (SSSR count). The lowest BCUT2D eigenvalue weighted by atomic mass is 9.98. The summed E-state index contributed by atoms with van der Waals surface area (Å²) in [5.41, 5.74) is 1.42. The Balaban J connectivity index is 2.04. The minimum atomic E-state index is 0.653. The molecule has 0 unspecified atom stereocenters. The molecular formula is C11H14OS. The highest BCUT2D eigenvalue weighted by atomic mass is 32.2. The van der Waals surface area contributed by atoms with Crippen LogP contribution in [0.15, 0.2) is 29.2 Å². The van der Waals surface area contributed by atoms with Gasteiger partial charge in [0.25, 0.3) is 0 Å². The third-order valence-corrected chi connectivity index (χ3v) is 3.19. The van der Waals surface area contributed by atoms with Crippen LogP contribution in [0.5, 0.6) is 0 Å². The predicted octanol–water partition coefficient (Wildman–Crippen LogP) is 2.91. The van der Waals surface area contributed by atoms with E-state index in [1.165, 1.54) is 10.5 Å². The first-order valence-corrected chi connectivity index (χ1v) is 5.69. The fourth-order valence-corrected chi connectivity index (χ4v) is 2.09. The van der Waals surface area contributed by atoms with Crippen molar-refractivity contribution in [1.82, 2.24) is 0 Å². The Morgan fingerprint density at radius 2 is 2.00 bits per heavy atom. The number of hydrogen-bond donors (Lipinski definition) is 0. The number of hydrogen-bond acceptors (Lipinski definition) is 2. The number of thioether (sulfide) groups is 1. The van der Waals surface area contributed by atoms with Gasteiger partial charge in [0.1, 0.15) is 0 Å². The Morgan fingerprint density at radius 1 is 1.31 bits per heavy atom. The van der Waals surface area contributed by atoms with Crippen molar-refractivity contribution in [2.45, 2.75) is 17.7 Å². The molecule has 2 heteroatoms. The summed E-state index contributed by atoms with van der Waals surface area (Å²) in [5, 5.41) is 0. The summed E-state index contributed by atoms with van der Waals surface area (Å²) in [5.74, 6) is 1.80. The molecule has 1 aromatic rings. The van der Waals surface area contributed by atoms with Crippen LogP contribution in [0.2, 0.25) is 0 Å². The Kier molecular flexibility index (Phi) is 2.91. The molecule has 0 aliphatic carbocycles. The molecule has 1 fully saturated rings. The molecule has 1 aromatic carbocycles. The van der Waals surface area contributed by atoms with Crippen LogP contribution in [0.25, 0.3) is 0 Å². The van der Waals surface area contributed by atoms with Crippen molar-refractivity contribution < 1.29 is 4.74 Å². The van der Waals surface area contributed by atoms with Crippen molar-refractivity contribution in [1.29, 1.82) is 0 Å². The molecule has 0 aromatic heterocycles. The van der Waals surface area contributed by atoms with Gasteiger partial charge in [0.2, 0.25) is 0 Å². The largest absolute Gasteiger partial charge is 0.380 e. The average Bonchev–Trinajstić information content (AvgIpc) is 2.06. The molecule has 1 saturated heterocycles. The lowest BCUT2D eigenvalue weighted by molar-refractivity contribution is 0.00840. The molecular weight excluding hydrogens is 180 g/mol. The maximum atomic E-state index is 5.16. The van der Waals surface area contributed by atoms with Gasteiger partial charge in [-0.15, -0.1) is 11.8 Å². The van der Waals surface area contributed by atoms with Gasteiger partial charge < -0.3 is 4.74 Å². The fourth-order valence-electron chi connectivity index (χ4n) is 1.43. The molecule has 70 valence electrons. The summed E-state index contributed by atoms with van der Waals surface area (Å²) in [6, 6.07) is 8.88. The van der Waals surface area contributed by atoms with Gasteiger partial charge in [-0.25, -0.2) is 0 Å². The SMILES string of the molecule is CCSc1ccc(C2COC2)cc1. The zero-order valence-corrected chi connectivity index (χ0v) is 8.64. The molecule has 0 bridgehead atoms. The van der Waals surface area contributed by atoms with E-state index in [-0.39, 0.29) is 0 Å². The number of ether oxygens (including phenoxy) is 1. The van der Waals surface area contributed by atoms with E-state index >= 15 is 0 Å². The number of rotatable bonds is 3. The van der Waals surface area contributed by atoms with Gasteiger partial charge in [0.05, 0.1) is 13.2 Å². The van der Waals surface area contributed by atoms with Crippen molar-refractivity contribution >= 4 is 11.8 Å². The van der Waals surface area contributed by atoms with E-state index in [9.17, 15) is 0 Å². The lowest BCUT2D eigenvalue weighted by Crippen LogP contribution is -2.24. The van der Waals surface area contributed by atoms with Gasteiger partial charge in [-0.05, 0) is 23.4 Å². The topological polar surface area (TPSA) is 9.23 Å². The third-order valence-electron chi connectivity index (χ3n) is 2.30. The van der Waals surface area contributed by atoms with Gasteiger partial charge in [0.15, 0.2) is 0 Å². The van der Waals surface area contributed by atoms with Crippen molar-refractivity contribution in [2.24, 2.45) is 0 Å². The highest BCUT2D eigenvalue weighted by molar-refractivity contribution is 7.99. The molecule has 1 nitrogen and oxygen atoms in total. The second kappa shape index (κ2) is 4.16. The second-order valence-electron chi connectivity index (χ2n) is 3.24.